The molecule has 1 fully saturated rings. The normalized spacial score (nSPS) is 19.8. The summed E-state index contributed by atoms with van der Waals surface area (Å²) in [5, 5.41) is 0. The third-order valence-corrected chi connectivity index (χ3v) is 1.47. The summed E-state index contributed by atoms with van der Waals surface area (Å²) in [4.78, 5) is 0. The summed E-state index contributed by atoms with van der Waals surface area (Å²) < 4.78 is 19.3. The quantitative estimate of drug-likeness (QED) is 0.511. The summed E-state index contributed by atoms with van der Waals surface area (Å²) in [5.74, 6) is 0. The van der Waals surface area contributed by atoms with Crippen LogP contribution in [0, 0.1) is 0 Å². The summed E-state index contributed by atoms with van der Waals surface area (Å²) in [6, 6.07) is 0. The number of hydrogen-bond acceptors (Lipinski definition) is 4. The molecule has 4 nitrogen and oxygen atoms in total. The van der Waals surface area contributed by atoms with Crippen molar-refractivity contribution < 1.29 is 13.6 Å². The monoisotopic (exact) mass is 138 g/mol. The van der Waals surface area contributed by atoms with Gasteiger partial charge in [-0.05, 0) is 0 Å². The molecule has 1 aliphatic rings. The average molecular weight is 138 g/mol. The Morgan fingerprint density at radius 3 is 2.00 bits per heavy atom. The molecular weight excluding hydrogens is 129 g/mol. The van der Waals surface area contributed by atoms with Crippen molar-refractivity contribution in [3.63, 3.8) is 0 Å². The van der Waals surface area contributed by atoms with Crippen molar-refractivity contribution in [3.05, 3.63) is 0 Å². The molecule has 0 atom stereocenters. The van der Waals surface area contributed by atoms with E-state index in [2.05, 4.69) is 9.05 Å². The SMILES string of the molecule is N.O=[P+]1OCCCO1. The van der Waals surface area contributed by atoms with Gasteiger partial charge in [-0.15, -0.1) is 9.05 Å². The second-order valence-electron chi connectivity index (χ2n) is 1.24. The lowest BCUT2D eigenvalue weighted by Gasteiger charge is -1.94. The van der Waals surface area contributed by atoms with Crippen LogP contribution in [-0.2, 0) is 13.6 Å². The first-order valence-corrected chi connectivity index (χ1v) is 3.22. The van der Waals surface area contributed by atoms with Crippen LogP contribution in [-0.4, -0.2) is 13.2 Å². The van der Waals surface area contributed by atoms with Crippen LogP contribution < -0.4 is 6.15 Å². The van der Waals surface area contributed by atoms with Gasteiger partial charge in [0.05, 0.1) is 0 Å². The van der Waals surface area contributed by atoms with Gasteiger partial charge in [-0.25, -0.2) is 0 Å². The van der Waals surface area contributed by atoms with E-state index in [1.54, 1.807) is 0 Å². The van der Waals surface area contributed by atoms with Gasteiger partial charge in [-0.3, -0.25) is 0 Å². The lowest BCUT2D eigenvalue weighted by atomic mass is 10.5. The highest BCUT2D eigenvalue weighted by atomic mass is 31.1. The minimum absolute atomic E-state index is 0. The van der Waals surface area contributed by atoms with Gasteiger partial charge >= 0.3 is 8.25 Å². The van der Waals surface area contributed by atoms with E-state index >= 15 is 0 Å². The summed E-state index contributed by atoms with van der Waals surface area (Å²) in [7, 11) is -1.74. The Morgan fingerprint density at radius 1 is 1.25 bits per heavy atom. The molecule has 0 aromatic carbocycles. The van der Waals surface area contributed by atoms with E-state index in [1.807, 2.05) is 0 Å². The van der Waals surface area contributed by atoms with Gasteiger partial charge in [0.2, 0.25) is 0 Å². The van der Waals surface area contributed by atoms with E-state index in [0.717, 1.165) is 6.42 Å². The van der Waals surface area contributed by atoms with Crippen LogP contribution in [0.15, 0.2) is 0 Å². The molecule has 48 valence electrons. The van der Waals surface area contributed by atoms with Crippen LogP contribution >= 0.6 is 8.25 Å². The molecule has 0 saturated carbocycles. The molecule has 0 aromatic heterocycles. The molecule has 1 aliphatic heterocycles. The zero-order valence-corrected chi connectivity index (χ0v) is 5.39. The van der Waals surface area contributed by atoms with E-state index < -0.39 is 8.25 Å². The molecule has 0 aliphatic carbocycles. The van der Waals surface area contributed by atoms with E-state index in [0.29, 0.717) is 13.2 Å². The van der Waals surface area contributed by atoms with Crippen molar-refractivity contribution in [1.29, 1.82) is 0 Å². The fourth-order valence-electron chi connectivity index (χ4n) is 0.374. The van der Waals surface area contributed by atoms with Crippen LogP contribution in [0.5, 0.6) is 0 Å². The lowest BCUT2D eigenvalue weighted by molar-refractivity contribution is 0.165. The maximum Gasteiger partial charge on any atom is 0.697 e. The van der Waals surface area contributed by atoms with Crippen LogP contribution in [0.25, 0.3) is 0 Å². The van der Waals surface area contributed by atoms with Gasteiger partial charge in [0, 0.05) is 11.0 Å². The molecule has 0 unspecified atom stereocenters. The molecule has 1 saturated heterocycles. The lowest BCUT2D eigenvalue weighted by Crippen LogP contribution is -2.00. The Kier molecular flexibility index (Phi) is 3.91. The maximum absolute atomic E-state index is 10.2. The van der Waals surface area contributed by atoms with Crippen molar-refractivity contribution in [2.75, 3.05) is 13.2 Å². The predicted molar refractivity (Wildman–Crippen MR) is 29.1 cm³/mol. The highest BCUT2D eigenvalue weighted by Crippen LogP contribution is 2.27. The fraction of sp³-hybridized carbons (Fsp3) is 1.00. The van der Waals surface area contributed by atoms with Crippen LogP contribution in [0.1, 0.15) is 6.42 Å². The van der Waals surface area contributed by atoms with Crippen LogP contribution in [0.4, 0.5) is 0 Å². The van der Waals surface area contributed by atoms with E-state index in [9.17, 15) is 4.57 Å². The smallest absolute Gasteiger partial charge is 0.344 e. The highest BCUT2D eigenvalue weighted by Gasteiger charge is 2.23. The minimum Gasteiger partial charge on any atom is -0.344 e. The number of hydrogen-bond donors (Lipinski definition) is 1. The van der Waals surface area contributed by atoms with Crippen molar-refractivity contribution in [3.8, 4) is 0 Å². The third-order valence-electron chi connectivity index (χ3n) is 0.682. The third kappa shape index (κ3) is 2.33. The minimum atomic E-state index is -1.74. The molecule has 5 heteroatoms. The average Bonchev–Trinajstić information content (AvgIpc) is 1.69. The Balaban J connectivity index is 0.000000490. The molecule has 0 amide bonds. The topological polar surface area (TPSA) is 70.5 Å². The Labute approximate surface area is 48.7 Å². The Bertz CT molecular complexity index is 78.6. The Morgan fingerprint density at radius 2 is 1.75 bits per heavy atom. The molecule has 1 rings (SSSR count). The molecule has 0 spiro atoms. The standard InChI is InChI=1S/C3H6O3P.H3N/c4-7-5-2-1-3-6-7;/h1-3H2;1H3/q+1;. The van der Waals surface area contributed by atoms with Crippen molar-refractivity contribution >= 4 is 8.25 Å². The first-order valence-electron chi connectivity index (χ1n) is 2.13. The van der Waals surface area contributed by atoms with E-state index in [-0.39, 0.29) is 6.15 Å². The van der Waals surface area contributed by atoms with Crippen molar-refractivity contribution in [1.82, 2.24) is 6.15 Å². The van der Waals surface area contributed by atoms with Crippen LogP contribution in [0.3, 0.4) is 0 Å². The summed E-state index contributed by atoms with van der Waals surface area (Å²) in [6.45, 7) is 1.16. The largest absolute Gasteiger partial charge is 0.697 e. The zero-order chi connectivity index (χ0) is 5.11. The maximum atomic E-state index is 10.2. The Hall–Kier alpha value is -0.0200. The molecule has 1 heterocycles. The van der Waals surface area contributed by atoms with Gasteiger partial charge in [0.1, 0.15) is 13.2 Å². The van der Waals surface area contributed by atoms with E-state index in [1.165, 1.54) is 0 Å². The predicted octanol–water partition coefficient (Wildman–Crippen LogP) is 1.24. The molecule has 0 radical (unpaired) electrons. The molecular formula is C3H9NO3P+. The second kappa shape index (κ2) is 3.92. The van der Waals surface area contributed by atoms with Gasteiger partial charge in [0.15, 0.2) is 0 Å². The highest BCUT2D eigenvalue weighted by molar-refractivity contribution is 7.33. The van der Waals surface area contributed by atoms with Crippen molar-refractivity contribution in [2.24, 2.45) is 0 Å². The first kappa shape index (κ1) is 7.98. The van der Waals surface area contributed by atoms with Gasteiger partial charge in [0.25, 0.3) is 0 Å². The molecule has 3 N–H and O–H groups in total. The fourth-order valence-corrected chi connectivity index (χ4v) is 1.01. The first-order chi connectivity index (χ1) is 3.39. The summed E-state index contributed by atoms with van der Waals surface area (Å²) >= 11 is 0. The van der Waals surface area contributed by atoms with Crippen molar-refractivity contribution in [2.45, 2.75) is 6.42 Å². The molecule has 0 bridgehead atoms. The number of rotatable bonds is 0. The van der Waals surface area contributed by atoms with Gasteiger partial charge in [-0.2, -0.15) is 0 Å². The summed E-state index contributed by atoms with van der Waals surface area (Å²) in [6.07, 6.45) is 0.862. The van der Waals surface area contributed by atoms with Gasteiger partial charge in [-0.1, -0.05) is 0 Å². The summed E-state index contributed by atoms with van der Waals surface area (Å²) in [5.41, 5.74) is 0. The van der Waals surface area contributed by atoms with Crippen LogP contribution in [0.2, 0.25) is 0 Å². The molecule has 8 heavy (non-hydrogen) atoms. The second-order valence-corrected chi connectivity index (χ2v) is 2.21. The molecule has 0 aromatic rings. The van der Waals surface area contributed by atoms with E-state index in [4.69, 9.17) is 0 Å². The zero-order valence-electron chi connectivity index (χ0n) is 4.50. The van der Waals surface area contributed by atoms with Gasteiger partial charge < -0.3 is 6.15 Å².